The highest BCUT2D eigenvalue weighted by molar-refractivity contribution is 8.01. The van der Waals surface area contributed by atoms with Gasteiger partial charge in [0.05, 0.1) is 7.11 Å². The van der Waals surface area contributed by atoms with Crippen molar-refractivity contribution >= 4 is 29.1 Å². The van der Waals surface area contributed by atoms with Gasteiger partial charge in [-0.05, 0) is 13.8 Å². The summed E-state index contributed by atoms with van der Waals surface area (Å²) in [6.45, 7) is 3.34. The van der Waals surface area contributed by atoms with Crippen LogP contribution in [0.5, 0.6) is 0 Å². The van der Waals surface area contributed by atoms with Crippen molar-refractivity contribution in [2.24, 2.45) is 0 Å². The first kappa shape index (κ1) is 12.5. The van der Waals surface area contributed by atoms with Gasteiger partial charge in [0.15, 0.2) is 5.60 Å². The van der Waals surface area contributed by atoms with Crippen LogP contribution >= 0.6 is 23.1 Å². The molecule has 1 heterocycles. The number of carbonyl (C=O) groups is 1. The lowest BCUT2D eigenvalue weighted by Crippen LogP contribution is -2.38. The number of rotatable bonds is 4. The molecule has 6 heteroatoms. The van der Waals surface area contributed by atoms with Crippen LogP contribution in [-0.2, 0) is 9.53 Å². The van der Waals surface area contributed by atoms with E-state index in [0.29, 0.717) is 0 Å². The molecule has 0 radical (unpaired) electrons. The molecule has 0 saturated heterocycles. The van der Waals surface area contributed by atoms with E-state index in [1.54, 1.807) is 0 Å². The van der Waals surface area contributed by atoms with Crippen molar-refractivity contribution in [3.63, 3.8) is 0 Å². The molecule has 1 rings (SSSR count). The van der Waals surface area contributed by atoms with Crippen LogP contribution in [0.4, 0.5) is 0 Å². The summed E-state index contributed by atoms with van der Waals surface area (Å²) in [6, 6.07) is 0. The molecule has 0 aliphatic rings. The number of esters is 1. The first-order chi connectivity index (χ1) is 6.95. The number of thiazole rings is 1. The number of aryl methyl sites for hydroxylation is 1. The lowest BCUT2D eigenvalue weighted by Gasteiger charge is -2.18. The number of aliphatic hydroxyl groups is 1. The maximum Gasteiger partial charge on any atom is 0.338 e. The quantitative estimate of drug-likeness (QED) is 0.645. The van der Waals surface area contributed by atoms with Gasteiger partial charge in [-0.3, -0.25) is 0 Å². The fourth-order valence-electron chi connectivity index (χ4n) is 0.880. The van der Waals surface area contributed by atoms with E-state index in [1.807, 2.05) is 12.3 Å². The van der Waals surface area contributed by atoms with Gasteiger partial charge < -0.3 is 9.84 Å². The Morgan fingerprint density at radius 2 is 2.47 bits per heavy atom. The number of thioether (sulfide) groups is 1. The van der Waals surface area contributed by atoms with E-state index in [1.165, 1.54) is 37.1 Å². The molecule has 1 N–H and O–H groups in total. The third kappa shape index (κ3) is 3.48. The molecule has 4 nitrogen and oxygen atoms in total. The van der Waals surface area contributed by atoms with Crippen LogP contribution < -0.4 is 0 Å². The predicted molar refractivity (Wildman–Crippen MR) is 60.2 cm³/mol. The highest BCUT2D eigenvalue weighted by atomic mass is 32.2. The highest BCUT2D eigenvalue weighted by Crippen LogP contribution is 2.26. The fourth-order valence-corrected chi connectivity index (χ4v) is 2.72. The minimum absolute atomic E-state index is 0.243. The highest BCUT2D eigenvalue weighted by Gasteiger charge is 2.31. The van der Waals surface area contributed by atoms with Crippen molar-refractivity contribution in [1.29, 1.82) is 0 Å². The van der Waals surface area contributed by atoms with Crippen molar-refractivity contribution in [3.8, 4) is 0 Å². The Morgan fingerprint density at radius 1 is 1.80 bits per heavy atom. The molecule has 0 aliphatic heterocycles. The maximum absolute atomic E-state index is 11.2. The first-order valence-corrected chi connectivity index (χ1v) is 6.18. The largest absolute Gasteiger partial charge is 0.467 e. The van der Waals surface area contributed by atoms with Gasteiger partial charge in [0.1, 0.15) is 4.34 Å². The maximum atomic E-state index is 11.2. The summed E-state index contributed by atoms with van der Waals surface area (Å²) < 4.78 is 5.33. The van der Waals surface area contributed by atoms with Gasteiger partial charge in [-0.1, -0.05) is 11.8 Å². The molecular weight excluding hydrogens is 234 g/mol. The van der Waals surface area contributed by atoms with E-state index < -0.39 is 11.6 Å². The zero-order valence-electron chi connectivity index (χ0n) is 8.81. The number of aromatic nitrogens is 1. The number of hydrogen-bond acceptors (Lipinski definition) is 6. The summed E-state index contributed by atoms with van der Waals surface area (Å²) in [5.74, 6) is -0.379. The summed E-state index contributed by atoms with van der Waals surface area (Å²) in [5.41, 5.74) is -0.515. The second-order valence-corrected chi connectivity index (χ2v) is 5.39. The van der Waals surface area contributed by atoms with E-state index in [0.717, 1.165) is 10.0 Å². The van der Waals surface area contributed by atoms with Gasteiger partial charge in [-0.15, -0.1) is 11.3 Å². The minimum atomic E-state index is -1.46. The van der Waals surface area contributed by atoms with E-state index in [-0.39, 0.29) is 5.75 Å². The molecule has 84 valence electrons. The normalized spacial score (nSPS) is 14.7. The molecular formula is C9H13NO3S2. The van der Waals surface area contributed by atoms with Crippen LogP contribution in [0, 0.1) is 6.92 Å². The molecule has 0 aromatic carbocycles. The lowest BCUT2D eigenvalue weighted by atomic mass is 10.1. The molecule has 0 aliphatic carbocycles. The average molecular weight is 247 g/mol. The molecule has 0 bridgehead atoms. The summed E-state index contributed by atoms with van der Waals surface area (Å²) in [7, 11) is 1.26. The summed E-state index contributed by atoms with van der Waals surface area (Å²) >= 11 is 2.85. The van der Waals surface area contributed by atoms with Crippen LogP contribution in [0.25, 0.3) is 0 Å². The second-order valence-electron chi connectivity index (χ2n) is 3.31. The van der Waals surface area contributed by atoms with Crippen LogP contribution in [0.3, 0.4) is 0 Å². The molecule has 0 amide bonds. The van der Waals surface area contributed by atoms with E-state index >= 15 is 0 Å². The van der Waals surface area contributed by atoms with Gasteiger partial charge in [0.2, 0.25) is 0 Å². The third-order valence-corrected chi connectivity index (χ3v) is 4.14. The summed E-state index contributed by atoms with van der Waals surface area (Å²) in [5, 5.41) is 11.7. The molecule has 1 unspecified atom stereocenters. The van der Waals surface area contributed by atoms with E-state index in [4.69, 9.17) is 0 Å². The molecule has 15 heavy (non-hydrogen) atoms. The SMILES string of the molecule is COC(=O)C(C)(O)CSc1nc(C)cs1. The van der Waals surface area contributed by atoms with Crippen molar-refractivity contribution in [3.05, 3.63) is 11.1 Å². The van der Waals surface area contributed by atoms with Crippen LogP contribution in [0.15, 0.2) is 9.72 Å². The van der Waals surface area contributed by atoms with E-state index in [2.05, 4.69) is 9.72 Å². The molecule has 0 spiro atoms. The Morgan fingerprint density at radius 3 is 2.93 bits per heavy atom. The zero-order valence-corrected chi connectivity index (χ0v) is 10.4. The number of ether oxygens (including phenoxy) is 1. The number of nitrogens with zero attached hydrogens (tertiary/aromatic N) is 1. The smallest absolute Gasteiger partial charge is 0.338 e. The zero-order chi connectivity index (χ0) is 11.5. The Labute approximate surface area is 96.7 Å². The van der Waals surface area contributed by atoms with E-state index in [9.17, 15) is 9.90 Å². The Kier molecular flexibility index (Phi) is 4.12. The van der Waals surface area contributed by atoms with Crippen molar-refractivity contribution < 1.29 is 14.6 Å². The number of methoxy groups -OCH3 is 1. The van der Waals surface area contributed by atoms with Gasteiger partial charge in [-0.2, -0.15) is 0 Å². The second kappa shape index (κ2) is 4.96. The van der Waals surface area contributed by atoms with Crippen LogP contribution in [0.1, 0.15) is 12.6 Å². The number of hydrogen-bond donors (Lipinski definition) is 1. The average Bonchev–Trinajstić information content (AvgIpc) is 2.60. The Bertz CT molecular complexity index is 349. The predicted octanol–water partition coefficient (Wildman–Crippen LogP) is 1.47. The van der Waals surface area contributed by atoms with Crippen molar-refractivity contribution in [2.75, 3.05) is 12.9 Å². The Hall–Kier alpha value is -0.590. The van der Waals surface area contributed by atoms with Gasteiger partial charge in [0.25, 0.3) is 0 Å². The van der Waals surface area contributed by atoms with Crippen molar-refractivity contribution in [2.45, 2.75) is 23.8 Å². The molecule has 0 fully saturated rings. The topological polar surface area (TPSA) is 59.4 Å². The molecule has 1 aromatic heterocycles. The fraction of sp³-hybridized carbons (Fsp3) is 0.556. The molecule has 1 atom stereocenters. The summed E-state index contributed by atoms with van der Waals surface area (Å²) in [6.07, 6.45) is 0. The molecule has 0 saturated carbocycles. The number of carbonyl (C=O) groups excluding carboxylic acids is 1. The first-order valence-electron chi connectivity index (χ1n) is 4.31. The van der Waals surface area contributed by atoms with Crippen LogP contribution in [-0.4, -0.2) is 34.5 Å². The van der Waals surface area contributed by atoms with Crippen molar-refractivity contribution in [1.82, 2.24) is 4.98 Å². The van der Waals surface area contributed by atoms with Gasteiger partial charge >= 0.3 is 5.97 Å². The molecule has 1 aromatic rings. The van der Waals surface area contributed by atoms with Gasteiger partial charge in [-0.25, -0.2) is 9.78 Å². The van der Waals surface area contributed by atoms with Gasteiger partial charge in [0, 0.05) is 16.8 Å². The third-order valence-electron chi connectivity index (χ3n) is 1.70. The minimum Gasteiger partial charge on any atom is -0.467 e. The lowest BCUT2D eigenvalue weighted by molar-refractivity contribution is -0.158. The summed E-state index contributed by atoms with van der Waals surface area (Å²) in [4.78, 5) is 15.4. The standard InChI is InChI=1S/C9H13NO3S2/c1-6-4-14-8(10-6)15-5-9(2,12)7(11)13-3/h4,12H,5H2,1-3H3. The monoisotopic (exact) mass is 247 g/mol. The Balaban J connectivity index is 2.53. The van der Waals surface area contributed by atoms with Crippen LogP contribution in [0.2, 0.25) is 0 Å².